The van der Waals surface area contributed by atoms with Crippen LogP contribution in [0.25, 0.3) is 5.69 Å². The van der Waals surface area contributed by atoms with Crippen LogP contribution in [0.15, 0.2) is 64.2 Å². The molecule has 0 saturated heterocycles. The fraction of sp³-hybridized carbons (Fsp3) is 0.143. The molecule has 1 aliphatic heterocycles. The first-order valence-electron chi connectivity index (χ1n) is 9.29. The second-order valence-electron chi connectivity index (χ2n) is 7.18. The molecular weight excluding hydrogens is 429 g/mol. The molecule has 3 N–H and O–H groups in total. The lowest BCUT2D eigenvalue weighted by molar-refractivity contribution is -0.196. The van der Waals surface area contributed by atoms with Crippen LogP contribution in [0.2, 0.25) is 0 Å². The fourth-order valence-corrected chi connectivity index (χ4v) is 3.55. The number of aromatic nitrogens is 2. The van der Waals surface area contributed by atoms with Gasteiger partial charge in [0.05, 0.1) is 5.69 Å². The van der Waals surface area contributed by atoms with Crippen molar-refractivity contribution in [1.29, 1.82) is 0 Å². The summed E-state index contributed by atoms with van der Waals surface area (Å²) in [6.07, 6.45) is -5.41. The van der Waals surface area contributed by atoms with Gasteiger partial charge < -0.3 is 10.6 Å². The van der Waals surface area contributed by atoms with Gasteiger partial charge in [0.15, 0.2) is 0 Å². The molecule has 1 atom stereocenters. The number of para-hydroxylation sites is 1. The SMILES string of the molecule is Cc1ccc(C(=O)N[C@@]2(C(F)(F)F)C(=O)Nc3c2c(=O)[nH]c(=O)n3-c2ccccc2)cc1. The molecule has 0 saturated carbocycles. The number of aryl methyl sites for hydroxylation is 1. The highest BCUT2D eigenvalue weighted by atomic mass is 19.4. The summed E-state index contributed by atoms with van der Waals surface area (Å²) in [5.74, 6) is -3.60. The maximum absolute atomic E-state index is 14.4. The van der Waals surface area contributed by atoms with E-state index in [1.807, 2.05) is 10.3 Å². The first kappa shape index (κ1) is 21.1. The number of anilines is 1. The molecule has 2 aromatic carbocycles. The molecule has 0 aliphatic carbocycles. The van der Waals surface area contributed by atoms with Crippen LogP contribution in [-0.4, -0.2) is 27.5 Å². The summed E-state index contributed by atoms with van der Waals surface area (Å²) >= 11 is 0. The highest BCUT2D eigenvalue weighted by Gasteiger charge is 2.68. The van der Waals surface area contributed by atoms with E-state index in [4.69, 9.17) is 0 Å². The zero-order valence-electron chi connectivity index (χ0n) is 16.4. The lowest BCUT2D eigenvalue weighted by atomic mass is 9.91. The largest absolute Gasteiger partial charge is 0.425 e. The van der Waals surface area contributed by atoms with Crippen molar-refractivity contribution in [2.45, 2.75) is 18.6 Å². The third kappa shape index (κ3) is 3.09. The first-order chi connectivity index (χ1) is 15.1. The van der Waals surface area contributed by atoms with Crippen LogP contribution >= 0.6 is 0 Å². The second-order valence-corrected chi connectivity index (χ2v) is 7.18. The van der Waals surface area contributed by atoms with Crippen LogP contribution in [0.1, 0.15) is 21.5 Å². The van der Waals surface area contributed by atoms with Crippen molar-refractivity contribution >= 4 is 17.6 Å². The maximum atomic E-state index is 14.4. The number of amides is 2. The minimum absolute atomic E-state index is 0.105. The number of nitrogens with one attached hydrogen (secondary N) is 3. The number of halogens is 3. The van der Waals surface area contributed by atoms with Crippen LogP contribution in [-0.2, 0) is 10.3 Å². The van der Waals surface area contributed by atoms with Gasteiger partial charge in [0.2, 0.25) is 0 Å². The van der Waals surface area contributed by atoms with Gasteiger partial charge in [0, 0.05) is 5.56 Å². The average Bonchev–Trinajstić information content (AvgIpc) is 3.02. The zero-order chi connectivity index (χ0) is 23.3. The number of benzene rings is 2. The predicted octanol–water partition coefficient (Wildman–Crippen LogP) is 1.97. The molecule has 11 heteroatoms. The summed E-state index contributed by atoms with van der Waals surface area (Å²) in [5, 5.41) is 3.68. The van der Waals surface area contributed by atoms with E-state index in [1.165, 1.54) is 48.5 Å². The molecule has 8 nitrogen and oxygen atoms in total. The Labute approximate surface area is 177 Å². The van der Waals surface area contributed by atoms with E-state index in [1.54, 1.807) is 18.3 Å². The Hall–Kier alpha value is -4.15. The monoisotopic (exact) mass is 444 g/mol. The van der Waals surface area contributed by atoms with Crippen LogP contribution in [0, 0.1) is 6.92 Å². The summed E-state index contributed by atoms with van der Waals surface area (Å²) in [4.78, 5) is 52.3. The van der Waals surface area contributed by atoms with Crippen molar-refractivity contribution in [2.75, 3.05) is 5.32 Å². The molecule has 0 bridgehead atoms. The minimum Gasteiger partial charge on any atom is -0.326 e. The van der Waals surface area contributed by atoms with Crippen molar-refractivity contribution in [2.24, 2.45) is 0 Å². The Morgan fingerprint density at radius 2 is 1.62 bits per heavy atom. The van der Waals surface area contributed by atoms with Crippen LogP contribution < -0.4 is 21.9 Å². The van der Waals surface area contributed by atoms with E-state index in [-0.39, 0.29) is 11.3 Å². The van der Waals surface area contributed by atoms with E-state index in [9.17, 15) is 32.3 Å². The van der Waals surface area contributed by atoms with Crippen molar-refractivity contribution in [1.82, 2.24) is 14.9 Å². The molecular formula is C21H15F3N4O4. The number of hydrogen-bond donors (Lipinski definition) is 3. The van der Waals surface area contributed by atoms with Gasteiger partial charge in [-0.1, -0.05) is 35.9 Å². The van der Waals surface area contributed by atoms with Gasteiger partial charge in [-0.25, -0.2) is 9.36 Å². The van der Waals surface area contributed by atoms with Crippen LogP contribution in [0.3, 0.4) is 0 Å². The number of hydrogen-bond acceptors (Lipinski definition) is 4. The predicted molar refractivity (Wildman–Crippen MR) is 108 cm³/mol. The van der Waals surface area contributed by atoms with Gasteiger partial charge in [-0.05, 0) is 31.2 Å². The third-order valence-corrected chi connectivity index (χ3v) is 5.11. The van der Waals surface area contributed by atoms with Crippen molar-refractivity contribution in [3.8, 4) is 5.69 Å². The Morgan fingerprint density at radius 3 is 2.22 bits per heavy atom. The third-order valence-electron chi connectivity index (χ3n) is 5.11. The number of carbonyl (C=O) groups is 2. The number of carbonyl (C=O) groups excluding carboxylic acids is 2. The zero-order valence-corrected chi connectivity index (χ0v) is 16.4. The highest BCUT2D eigenvalue weighted by Crippen LogP contribution is 2.45. The Bertz CT molecular complexity index is 1340. The van der Waals surface area contributed by atoms with E-state index in [2.05, 4.69) is 0 Å². The van der Waals surface area contributed by atoms with E-state index >= 15 is 0 Å². The van der Waals surface area contributed by atoms with Crippen molar-refractivity contribution in [3.05, 3.63) is 92.1 Å². The average molecular weight is 444 g/mol. The maximum Gasteiger partial charge on any atom is 0.425 e. The molecule has 0 fully saturated rings. The molecule has 0 radical (unpaired) electrons. The van der Waals surface area contributed by atoms with Gasteiger partial charge in [0.1, 0.15) is 11.4 Å². The fourth-order valence-electron chi connectivity index (χ4n) is 3.55. The standard InChI is InChI=1S/C21H15F3N4O4/c1-11-7-9-12(10-8-11)16(29)27-20(21(22,23)24)14-15(25-18(20)31)28(19(32)26-17(14)30)13-5-3-2-4-6-13/h2-10H,1H3,(H,25,31)(H,27,29)(H,26,30,32)/t20-/m1/s1. The Kier molecular flexibility index (Phi) is 4.76. The quantitative estimate of drug-likeness (QED) is 0.573. The van der Waals surface area contributed by atoms with Gasteiger partial charge in [0.25, 0.3) is 22.9 Å². The van der Waals surface area contributed by atoms with Crippen LogP contribution in [0.5, 0.6) is 0 Å². The molecule has 1 aliphatic rings. The molecule has 4 rings (SSSR count). The number of H-pyrrole nitrogens is 1. The number of nitrogens with zero attached hydrogens (tertiary/aromatic N) is 1. The highest BCUT2D eigenvalue weighted by molar-refractivity contribution is 6.09. The van der Waals surface area contributed by atoms with E-state index in [0.717, 1.165) is 10.1 Å². The summed E-state index contributed by atoms with van der Waals surface area (Å²) in [6.45, 7) is 1.72. The van der Waals surface area contributed by atoms with Gasteiger partial charge in [-0.15, -0.1) is 0 Å². The summed E-state index contributed by atoms with van der Waals surface area (Å²) in [7, 11) is 0. The summed E-state index contributed by atoms with van der Waals surface area (Å²) < 4.78 is 43.9. The number of alkyl halides is 3. The second kappa shape index (κ2) is 7.22. The first-order valence-corrected chi connectivity index (χ1v) is 9.29. The molecule has 2 heterocycles. The summed E-state index contributed by atoms with van der Waals surface area (Å²) in [6, 6.07) is 13.1. The minimum atomic E-state index is -5.41. The molecule has 164 valence electrons. The number of rotatable bonds is 3. The Balaban J connectivity index is 1.96. The molecule has 0 spiro atoms. The van der Waals surface area contributed by atoms with Crippen molar-refractivity contribution in [3.63, 3.8) is 0 Å². The summed E-state index contributed by atoms with van der Waals surface area (Å²) in [5.41, 5.74) is -6.61. The smallest absolute Gasteiger partial charge is 0.326 e. The molecule has 1 aromatic heterocycles. The van der Waals surface area contributed by atoms with Crippen molar-refractivity contribution < 1.29 is 22.8 Å². The van der Waals surface area contributed by atoms with Gasteiger partial charge >= 0.3 is 11.9 Å². The van der Waals surface area contributed by atoms with E-state index in [0.29, 0.717) is 0 Å². The number of fused-ring (bicyclic) bond motifs is 1. The number of aromatic amines is 1. The lowest BCUT2D eigenvalue weighted by Crippen LogP contribution is -2.62. The molecule has 32 heavy (non-hydrogen) atoms. The van der Waals surface area contributed by atoms with Gasteiger partial charge in [-0.3, -0.25) is 19.4 Å². The molecule has 3 aromatic rings. The topological polar surface area (TPSA) is 113 Å². The van der Waals surface area contributed by atoms with E-state index < -0.39 is 46.2 Å². The van der Waals surface area contributed by atoms with Gasteiger partial charge in [-0.2, -0.15) is 13.2 Å². The Morgan fingerprint density at radius 1 is 1.00 bits per heavy atom. The molecule has 2 amide bonds. The lowest BCUT2D eigenvalue weighted by Gasteiger charge is -2.30. The van der Waals surface area contributed by atoms with Crippen LogP contribution in [0.4, 0.5) is 19.0 Å². The molecule has 0 unspecified atom stereocenters. The normalized spacial score (nSPS) is 17.6.